The molecule has 9 nitrogen and oxygen atoms in total. The molecule has 0 fully saturated rings. The first kappa shape index (κ1) is 45.6. The van der Waals surface area contributed by atoms with Crippen LogP contribution in [0.5, 0.6) is 17.2 Å². The summed E-state index contributed by atoms with van der Waals surface area (Å²) >= 11 is 0. The average Bonchev–Trinajstić information content (AvgIpc) is 3.45. The molecule has 54 heavy (non-hydrogen) atoms. The molecular formula is C45H65NO8. The van der Waals surface area contributed by atoms with Gasteiger partial charge in [-0.1, -0.05) is 63.8 Å². The molecule has 0 radical (unpaired) electrons. The fraction of sp³-hybridized carbons (Fsp3) is 0.533. The van der Waals surface area contributed by atoms with Gasteiger partial charge in [0.2, 0.25) is 5.75 Å². The van der Waals surface area contributed by atoms with Crippen molar-refractivity contribution in [2.24, 2.45) is 0 Å². The lowest BCUT2D eigenvalue weighted by molar-refractivity contribution is -0.147. The van der Waals surface area contributed by atoms with E-state index >= 15 is 0 Å². The number of rotatable bonds is 22. The molecule has 1 amide bonds. The summed E-state index contributed by atoms with van der Waals surface area (Å²) in [6.07, 6.45) is 20.5. The number of esters is 2. The van der Waals surface area contributed by atoms with E-state index < -0.39 is 23.9 Å². The maximum atomic E-state index is 14.1. The number of benzene rings is 1. The Morgan fingerprint density at radius 3 is 1.69 bits per heavy atom. The van der Waals surface area contributed by atoms with Crippen molar-refractivity contribution in [3.8, 4) is 17.2 Å². The van der Waals surface area contributed by atoms with Gasteiger partial charge in [0.15, 0.2) is 11.5 Å². The molecule has 1 aliphatic rings. The number of phenolic OH excluding ortho intramolecular Hbond substituents is 2. The molecule has 0 aromatic heterocycles. The Morgan fingerprint density at radius 2 is 1.19 bits per heavy atom. The van der Waals surface area contributed by atoms with Crippen LogP contribution >= 0.6 is 0 Å². The van der Waals surface area contributed by atoms with E-state index in [1.165, 1.54) is 41.4 Å². The van der Waals surface area contributed by atoms with Crippen molar-refractivity contribution in [2.75, 3.05) is 20.8 Å². The van der Waals surface area contributed by atoms with Gasteiger partial charge in [-0.2, -0.15) is 0 Å². The van der Waals surface area contributed by atoms with Crippen molar-refractivity contribution in [3.05, 3.63) is 86.6 Å². The molecule has 0 bridgehead atoms. The highest BCUT2D eigenvalue weighted by molar-refractivity contribution is 6.04. The first-order valence-electron chi connectivity index (χ1n) is 19.2. The van der Waals surface area contributed by atoms with Crippen molar-refractivity contribution in [1.29, 1.82) is 0 Å². The molecule has 2 N–H and O–H groups in total. The number of amides is 1. The SMILES string of the molecule is COC(=O)CC[C@@H](C(=O)OC)N1Cc2c(O)c(OC/C=C(/C)CC/C=C(\C)CCC=C(C)C)c(O)c(C/C=C(/C)CC/C=C(\C)CCC=C(C)C)c2C1=O. The van der Waals surface area contributed by atoms with E-state index in [2.05, 4.69) is 65.8 Å². The third kappa shape index (κ3) is 14.7. The number of allylic oxidation sites excluding steroid dienone is 11. The van der Waals surface area contributed by atoms with Gasteiger partial charge in [-0.15, -0.1) is 0 Å². The normalized spacial score (nSPS) is 14.1. The highest BCUT2D eigenvalue weighted by Crippen LogP contribution is 2.48. The number of hydrogen-bond donors (Lipinski definition) is 2. The van der Waals surface area contributed by atoms with Crippen LogP contribution in [0.4, 0.5) is 0 Å². The Labute approximate surface area is 324 Å². The van der Waals surface area contributed by atoms with Crippen LogP contribution in [0.15, 0.2) is 69.9 Å². The van der Waals surface area contributed by atoms with E-state index in [9.17, 15) is 24.6 Å². The Morgan fingerprint density at radius 1 is 0.685 bits per heavy atom. The van der Waals surface area contributed by atoms with Crippen LogP contribution in [-0.4, -0.2) is 59.8 Å². The molecule has 9 heteroatoms. The van der Waals surface area contributed by atoms with Crippen LogP contribution in [0, 0.1) is 0 Å². The van der Waals surface area contributed by atoms with Crippen molar-refractivity contribution >= 4 is 17.8 Å². The molecule has 1 heterocycles. The Balaban J connectivity index is 2.38. The number of ether oxygens (including phenoxy) is 3. The minimum Gasteiger partial charge on any atom is -0.504 e. The predicted octanol–water partition coefficient (Wildman–Crippen LogP) is 10.3. The Kier molecular flexibility index (Phi) is 19.7. The zero-order valence-electron chi connectivity index (χ0n) is 34.5. The molecule has 0 unspecified atom stereocenters. The second-order valence-electron chi connectivity index (χ2n) is 14.9. The van der Waals surface area contributed by atoms with Crippen LogP contribution in [0.2, 0.25) is 0 Å². The average molecular weight is 748 g/mol. The monoisotopic (exact) mass is 747 g/mol. The number of hydrogen-bond acceptors (Lipinski definition) is 8. The third-order valence-electron chi connectivity index (χ3n) is 9.67. The van der Waals surface area contributed by atoms with E-state index in [-0.39, 0.29) is 60.8 Å². The van der Waals surface area contributed by atoms with E-state index in [0.29, 0.717) is 5.56 Å². The molecule has 0 spiro atoms. The summed E-state index contributed by atoms with van der Waals surface area (Å²) in [4.78, 5) is 40.2. The number of fused-ring (bicyclic) bond motifs is 1. The van der Waals surface area contributed by atoms with Gasteiger partial charge in [-0.05, 0) is 126 Å². The van der Waals surface area contributed by atoms with Gasteiger partial charge in [0.1, 0.15) is 12.6 Å². The summed E-state index contributed by atoms with van der Waals surface area (Å²) in [5, 5.41) is 23.1. The molecule has 0 saturated heterocycles. The van der Waals surface area contributed by atoms with E-state index in [4.69, 9.17) is 14.2 Å². The number of carbonyl (C=O) groups excluding carboxylic acids is 3. The Hall–Kier alpha value is -4.53. The molecule has 0 aliphatic carbocycles. The first-order chi connectivity index (χ1) is 25.6. The predicted molar refractivity (Wildman–Crippen MR) is 217 cm³/mol. The molecular weight excluding hydrogens is 682 g/mol. The molecule has 298 valence electrons. The van der Waals surface area contributed by atoms with Crippen molar-refractivity contribution < 1.29 is 38.8 Å². The van der Waals surface area contributed by atoms with Gasteiger partial charge >= 0.3 is 11.9 Å². The molecule has 1 aromatic rings. The van der Waals surface area contributed by atoms with Crippen molar-refractivity contribution in [3.63, 3.8) is 0 Å². The standard InChI is InChI=1S/C45H65NO8/c1-30(2)15-11-17-32(5)19-13-21-34(7)23-24-36-40-37(29-46(44(40)50)38(45(51)53-10)25-26-39(47)52-9)42(49)43(41(36)48)54-28-27-35(8)22-14-20-33(6)18-12-16-31(3)4/h15-16,19-20,23,27,38,48-49H,11-14,17-18,21-22,24-26,28-29H2,1-10H3/b32-19+,33-20+,34-23-,35-27-/t38-/m0/s1. The van der Waals surface area contributed by atoms with Crippen LogP contribution in [-0.2, 0) is 32.0 Å². The van der Waals surface area contributed by atoms with Gasteiger partial charge in [-0.25, -0.2) is 4.79 Å². The van der Waals surface area contributed by atoms with Crippen LogP contribution < -0.4 is 4.74 Å². The number of methoxy groups -OCH3 is 2. The lowest BCUT2D eigenvalue weighted by atomic mass is 9.96. The summed E-state index contributed by atoms with van der Waals surface area (Å²) in [7, 11) is 2.47. The Bertz CT molecular complexity index is 1650. The molecule has 0 saturated carbocycles. The van der Waals surface area contributed by atoms with Gasteiger partial charge in [0.05, 0.1) is 26.3 Å². The first-order valence-corrected chi connectivity index (χ1v) is 19.2. The summed E-state index contributed by atoms with van der Waals surface area (Å²) in [6, 6.07) is -1.10. The van der Waals surface area contributed by atoms with Crippen molar-refractivity contribution in [2.45, 2.75) is 139 Å². The summed E-state index contributed by atoms with van der Waals surface area (Å²) in [5.41, 5.74) is 8.21. The minimum atomic E-state index is -1.10. The molecule has 2 rings (SSSR count). The number of aromatic hydroxyl groups is 2. The lowest BCUT2D eigenvalue weighted by Gasteiger charge is -2.25. The van der Waals surface area contributed by atoms with Gasteiger partial charge in [0, 0.05) is 17.5 Å². The van der Waals surface area contributed by atoms with Gasteiger partial charge < -0.3 is 29.3 Å². The van der Waals surface area contributed by atoms with Crippen LogP contribution in [0.25, 0.3) is 0 Å². The fourth-order valence-electron chi connectivity index (χ4n) is 6.31. The largest absolute Gasteiger partial charge is 0.504 e. The molecule has 1 aliphatic heterocycles. The van der Waals surface area contributed by atoms with E-state index in [0.717, 1.165) is 62.5 Å². The second-order valence-corrected chi connectivity index (χ2v) is 14.9. The zero-order chi connectivity index (χ0) is 40.4. The summed E-state index contributed by atoms with van der Waals surface area (Å²) < 4.78 is 15.8. The topological polar surface area (TPSA) is 123 Å². The maximum absolute atomic E-state index is 14.1. The van der Waals surface area contributed by atoms with E-state index in [1.54, 1.807) is 0 Å². The molecule has 1 atom stereocenters. The molecule has 1 aromatic carbocycles. The van der Waals surface area contributed by atoms with Crippen molar-refractivity contribution in [1.82, 2.24) is 4.90 Å². The smallest absolute Gasteiger partial charge is 0.328 e. The quantitative estimate of drug-likeness (QED) is 0.0888. The minimum absolute atomic E-state index is 0.0287. The van der Waals surface area contributed by atoms with Gasteiger partial charge in [0.25, 0.3) is 5.91 Å². The fourth-order valence-corrected chi connectivity index (χ4v) is 6.31. The summed E-state index contributed by atoms with van der Waals surface area (Å²) in [6.45, 7) is 16.7. The third-order valence-corrected chi connectivity index (χ3v) is 9.67. The zero-order valence-corrected chi connectivity index (χ0v) is 34.5. The lowest BCUT2D eigenvalue weighted by Crippen LogP contribution is -2.42. The van der Waals surface area contributed by atoms with Crippen LogP contribution in [0.1, 0.15) is 141 Å². The number of phenols is 2. The highest BCUT2D eigenvalue weighted by atomic mass is 16.5. The highest BCUT2D eigenvalue weighted by Gasteiger charge is 2.42. The van der Waals surface area contributed by atoms with Crippen LogP contribution in [0.3, 0.4) is 0 Å². The number of nitrogens with zero attached hydrogens (tertiary/aromatic N) is 1. The maximum Gasteiger partial charge on any atom is 0.328 e. The summed E-state index contributed by atoms with van der Waals surface area (Å²) in [5.74, 6) is -2.54. The van der Waals surface area contributed by atoms with Gasteiger partial charge in [-0.3, -0.25) is 9.59 Å². The van der Waals surface area contributed by atoms with E-state index in [1.807, 2.05) is 26.0 Å². The number of carbonyl (C=O) groups is 3. The second kappa shape index (κ2) is 23.3.